The number of anilines is 1. The number of halogens is 2. The second kappa shape index (κ2) is 7.85. The zero-order valence-electron chi connectivity index (χ0n) is 19.7. The lowest BCUT2D eigenvalue weighted by Gasteiger charge is -2.41. The van der Waals surface area contributed by atoms with Gasteiger partial charge in [0.1, 0.15) is 14.2 Å². The Morgan fingerprint density at radius 2 is 1.77 bits per heavy atom. The number of nitrogens with zero attached hydrogens (tertiary/aromatic N) is 2. The molecular weight excluding hydrogens is 462 g/mol. The van der Waals surface area contributed by atoms with Gasteiger partial charge in [-0.05, 0) is 50.9 Å². The predicted molar refractivity (Wildman–Crippen MR) is 135 cm³/mol. The molecule has 2 aromatic carbocycles. The summed E-state index contributed by atoms with van der Waals surface area (Å²) >= 11 is 0. The molecule has 2 fully saturated rings. The van der Waals surface area contributed by atoms with Gasteiger partial charge in [-0.1, -0.05) is 43.4 Å². The Balaban J connectivity index is 1.60. The molecule has 4 aliphatic rings. The van der Waals surface area contributed by atoms with E-state index in [1.54, 1.807) is 12.1 Å². The third-order valence-electron chi connectivity index (χ3n) is 7.71. The van der Waals surface area contributed by atoms with Crippen molar-refractivity contribution in [2.24, 2.45) is 0 Å². The summed E-state index contributed by atoms with van der Waals surface area (Å²) in [6.07, 6.45) is 4.65. The number of rotatable bonds is 3. The molecule has 4 nitrogen and oxygen atoms in total. The van der Waals surface area contributed by atoms with Crippen LogP contribution in [0.3, 0.4) is 0 Å². The minimum Gasteiger partial charge on any atom is -0.545 e. The molecule has 6 rings (SSSR count). The Hall–Kier alpha value is -3.32. The maximum absolute atomic E-state index is 13.6. The van der Waals surface area contributed by atoms with Crippen molar-refractivity contribution in [3.63, 3.8) is 0 Å². The fourth-order valence-corrected chi connectivity index (χ4v) is 8.73. The Labute approximate surface area is 204 Å². The van der Waals surface area contributed by atoms with Crippen LogP contribution in [0.1, 0.15) is 21.5 Å². The summed E-state index contributed by atoms with van der Waals surface area (Å²) in [6, 6.07) is 13.2. The van der Waals surface area contributed by atoms with Crippen LogP contribution in [0.4, 0.5) is 14.5 Å². The van der Waals surface area contributed by atoms with Gasteiger partial charge in [-0.25, -0.2) is 13.4 Å². The van der Waals surface area contributed by atoms with Gasteiger partial charge in [0.05, 0.1) is 19.1 Å². The molecular formula is C28H26F2N2O2Si. The Morgan fingerprint density at radius 3 is 2.46 bits per heavy atom. The number of carbonyl (C=O) groups is 1. The number of carboxylic acid groups (broad SMARTS) is 1. The van der Waals surface area contributed by atoms with E-state index in [9.17, 15) is 18.7 Å². The van der Waals surface area contributed by atoms with E-state index in [2.05, 4.69) is 37.4 Å². The van der Waals surface area contributed by atoms with E-state index in [0.717, 1.165) is 28.1 Å². The highest BCUT2D eigenvalue weighted by Crippen LogP contribution is 2.43. The van der Waals surface area contributed by atoms with E-state index in [0.29, 0.717) is 31.7 Å². The molecule has 0 atom stereocenters. The van der Waals surface area contributed by atoms with Crippen LogP contribution >= 0.6 is 0 Å². The van der Waals surface area contributed by atoms with Gasteiger partial charge in [-0.15, -0.1) is 0 Å². The van der Waals surface area contributed by atoms with Crippen molar-refractivity contribution in [2.75, 3.05) is 31.1 Å². The number of hydrogen-bond acceptors (Lipinski definition) is 3. The molecule has 0 bridgehead atoms. The normalized spacial score (nSPS) is 22.8. The van der Waals surface area contributed by atoms with E-state index >= 15 is 0 Å². The van der Waals surface area contributed by atoms with Gasteiger partial charge < -0.3 is 14.8 Å². The number of hydrogen-bond donors (Lipinski definition) is 0. The second-order valence-electron chi connectivity index (χ2n) is 10.3. The average molecular weight is 489 g/mol. The molecule has 0 aromatic heterocycles. The van der Waals surface area contributed by atoms with E-state index in [1.807, 2.05) is 33.8 Å². The maximum Gasteiger partial charge on any atom is 0.216 e. The molecule has 0 spiro atoms. The molecule has 0 saturated carbocycles. The van der Waals surface area contributed by atoms with Crippen LogP contribution in [-0.4, -0.2) is 62.9 Å². The van der Waals surface area contributed by atoms with Gasteiger partial charge in [0.25, 0.3) is 0 Å². The van der Waals surface area contributed by atoms with Crippen molar-refractivity contribution in [1.82, 2.24) is 0 Å². The SMILES string of the molecule is C[Si]1(C)C2=CC(=[N+]3CC(F)C3)C=CC2=C(c2ccccc2C(=O)[O-])c2ccc(N3CC(F)C3)cc21. The third-order valence-corrected chi connectivity index (χ3v) is 11.2. The third kappa shape index (κ3) is 3.44. The number of benzene rings is 2. The van der Waals surface area contributed by atoms with Gasteiger partial charge in [-0.2, -0.15) is 0 Å². The Bertz CT molecular complexity index is 1390. The zero-order valence-corrected chi connectivity index (χ0v) is 20.7. The summed E-state index contributed by atoms with van der Waals surface area (Å²) in [7, 11) is -2.24. The number of alkyl halides is 2. The monoisotopic (exact) mass is 488 g/mol. The van der Waals surface area contributed by atoms with Crippen molar-refractivity contribution >= 4 is 36.2 Å². The van der Waals surface area contributed by atoms with Crippen LogP contribution in [0.2, 0.25) is 13.1 Å². The summed E-state index contributed by atoms with van der Waals surface area (Å²) in [4.78, 5) is 14.1. The highest BCUT2D eigenvalue weighted by Gasteiger charge is 2.42. The lowest BCUT2D eigenvalue weighted by Crippen LogP contribution is -2.52. The second-order valence-corrected chi connectivity index (χ2v) is 14.6. The molecule has 3 heterocycles. The van der Waals surface area contributed by atoms with Gasteiger partial charge in [-0.3, -0.25) is 0 Å². The average Bonchev–Trinajstić information content (AvgIpc) is 2.80. The molecule has 7 heteroatoms. The molecule has 178 valence electrons. The molecule has 0 unspecified atom stereocenters. The zero-order chi connectivity index (χ0) is 24.5. The minimum absolute atomic E-state index is 0.153. The molecule has 2 aromatic rings. The minimum atomic E-state index is -2.24. The topological polar surface area (TPSA) is 46.4 Å². The van der Waals surface area contributed by atoms with Crippen molar-refractivity contribution in [1.29, 1.82) is 0 Å². The largest absolute Gasteiger partial charge is 0.545 e. The van der Waals surface area contributed by atoms with Crippen LogP contribution in [0, 0.1) is 0 Å². The standard InChI is InChI=1S/C28H26F2N2O2Si/c1-35(2)25-11-19(31-13-17(29)14-31)7-9-23(25)27(21-5-3-4-6-22(21)28(33)34)24-10-8-20(12-26(24)35)32-15-18(30)16-32/h3-12,17-18H,13-16H2,1-2H3. The van der Waals surface area contributed by atoms with Gasteiger partial charge in [0.15, 0.2) is 18.8 Å². The quantitative estimate of drug-likeness (QED) is 0.493. The molecule has 0 N–H and O–H groups in total. The molecule has 0 radical (unpaired) electrons. The summed E-state index contributed by atoms with van der Waals surface area (Å²) in [5.74, 6) is -1.21. The lowest BCUT2D eigenvalue weighted by atomic mass is 9.87. The van der Waals surface area contributed by atoms with Crippen LogP contribution in [0.15, 0.2) is 71.5 Å². The predicted octanol–water partition coefficient (Wildman–Crippen LogP) is 2.78. The number of carboxylic acids is 1. The lowest BCUT2D eigenvalue weighted by molar-refractivity contribution is -0.599. The van der Waals surface area contributed by atoms with Gasteiger partial charge in [0, 0.05) is 23.4 Å². The van der Waals surface area contributed by atoms with Gasteiger partial charge >= 0.3 is 0 Å². The van der Waals surface area contributed by atoms with Crippen LogP contribution in [0.5, 0.6) is 0 Å². The van der Waals surface area contributed by atoms with Crippen molar-refractivity contribution in [2.45, 2.75) is 25.4 Å². The van der Waals surface area contributed by atoms with E-state index in [1.165, 1.54) is 10.4 Å². The first-order chi connectivity index (χ1) is 16.7. The highest BCUT2D eigenvalue weighted by molar-refractivity contribution is 6.98. The molecule has 0 amide bonds. The van der Waals surface area contributed by atoms with Crippen LogP contribution in [-0.2, 0) is 0 Å². The summed E-state index contributed by atoms with van der Waals surface area (Å²) < 4.78 is 29.2. The Morgan fingerprint density at radius 1 is 1.03 bits per heavy atom. The first-order valence-electron chi connectivity index (χ1n) is 12.0. The molecule has 3 aliphatic heterocycles. The summed E-state index contributed by atoms with van der Waals surface area (Å²) in [5, 5.41) is 14.4. The Kier molecular flexibility index (Phi) is 4.97. The number of fused-ring (bicyclic) bond motifs is 2. The maximum atomic E-state index is 13.6. The first kappa shape index (κ1) is 22.2. The first-order valence-corrected chi connectivity index (χ1v) is 15.0. The molecule has 2 saturated heterocycles. The number of allylic oxidation sites excluding steroid dienone is 5. The van der Waals surface area contributed by atoms with Gasteiger partial charge in [0.2, 0.25) is 6.17 Å². The molecule has 1 aliphatic carbocycles. The summed E-state index contributed by atoms with van der Waals surface area (Å²) in [6.45, 7) is 6.16. The fourth-order valence-electron chi connectivity index (χ4n) is 5.66. The highest BCUT2D eigenvalue weighted by atomic mass is 28.3. The van der Waals surface area contributed by atoms with Crippen LogP contribution in [0.25, 0.3) is 5.57 Å². The fraction of sp³-hybridized carbons (Fsp3) is 0.286. The van der Waals surface area contributed by atoms with Crippen molar-refractivity contribution in [3.05, 3.63) is 88.2 Å². The van der Waals surface area contributed by atoms with Crippen molar-refractivity contribution < 1.29 is 23.3 Å². The van der Waals surface area contributed by atoms with E-state index in [4.69, 9.17) is 0 Å². The summed E-state index contributed by atoms with van der Waals surface area (Å²) in [5.41, 5.74) is 5.68. The van der Waals surface area contributed by atoms with Crippen molar-refractivity contribution in [3.8, 4) is 0 Å². The smallest absolute Gasteiger partial charge is 0.216 e. The number of carbonyl (C=O) groups excluding carboxylic acids is 1. The number of aromatic carboxylic acids is 1. The van der Waals surface area contributed by atoms with Crippen LogP contribution < -0.4 is 15.2 Å². The van der Waals surface area contributed by atoms with E-state index in [-0.39, 0.29) is 5.56 Å². The van der Waals surface area contributed by atoms with E-state index < -0.39 is 26.4 Å². The molecule has 35 heavy (non-hydrogen) atoms.